The van der Waals surface area contributed by atoms with Gasteiger partial charge >= 0.3 is 0 Å². The number of carbonyl (C=O) groups is 1. The van der Waals surface area contributed by atoms with Crippen molar-refractivity contribution in [1.82, 2.24) is 0 Å². The summed E-state index contributed by atoms with van der Waals surface area (Å²) in [5, 5.41) is 12.3. The molecule has 2 aliphatic rings. The van der Waals surface area contributed by atoms with E-state index in [0.717, 1.165) is 24.1 Å². The molecule has 3 heteroatoms. The molecule has 3 nitrogen and oxygen atoms in total. The third-order valence-electron chi connectivity index (χ3n) is 4.08. The number of rotatable bonds is 2. The summed E-state index contributed by atoms with van der Waals surface area (Å²) in [5.41, 5.74) is 1.69. The molecule has 1 amide bonds. The maximum Gasteiger partial charge on any atom is 0.228 e. The number of carbonyl (C=O) groups excluding carboxylic acids is 1. The number of amides is 1. The van der Waals surface area contributed by atoms with E-state index in [4.69, 9.17) is 0 Å². The molecule has 0 aromatic heterocycles. The minimum absolute atomic E-state index is 0.112. The van der Waals surface area contributed by atoms with Crippen molar-refractivity contribution in [1.29, 1.82) is 0 Å². The summed E-state index contributed by atoms with van der Waals surface area (Å²) in [6.45, 7) is 1.88. The summed E-state index contributed by atoms with van der Waals surface area (Å²) in [6, 6.07) is 5.02. The predicted octanol–water partition coefficient (Wildman–Crippen LogP) is 2.85. The average Bonchev–Trinajstić information content (AvgIpc) is 2.94. The first kappa shape index (κ1) is 11.3. The lowest BCUT2D eigenvalue weighted by Gasteiger charge is -2.18. The van der Waals surface area contributed by atoms with Gasteiger partial charge in [0, 0.05) is 11.6 Å². The number of allylic oxidation sites excluding steroid dienone is 2. The molecule has 0 saturated heterocycles. The lowest BCUT2D eigenvalue weighted by Crippen LogP contribution is -2.26. The molecule has 0 radical (unpaired) electrons. The van der Waals surface area contributed by atoms with Gasteiger partial charge < -0.3 is 10.4 Å². The van der Waals surface area contributed by atoms with Gasteiger partial charge in [-0.2, -0.15) is 0 Å². The van der Waals surface area contributed by atoms with Gasteiger partial charge in [0.05, 0.1) is 0 Å². The zero-order chi connectivity index (χ0) is 12.7. The normalized spacial score (nSPS) is 28.6. The number of anilines is 1. The maximum absolute atomic E-state index is 12.2. The Labute approximate surface area is 107 Å². The molecule has 2 aliphatic carbocycles. The summed E-state index contributed by atoms with van der Waals surface area (Å²) in [7, 11) is 0. The summed E-state index contributed by atoms with van der Waals surface area (Å²) < 4.78 is 0. The molecule has 0 aliphatic heterocycles. The van der Waals surface area contributed by atoms with Crippen LogP contribution in [-0.2, 0) is 4.79 Å². The number of phenolic OH excluding ortho intramolecular Hbond substituents is 1. The quantitative estimate of drug-likeness (QED) is 0.620. The standard InChI is InChI=1S/C15H17NO2/c1-9-6-12(17)4-5-14(9)16-15(18)13-8-10-2-3-11(13)7-10/h2-6,10-11,13,17H,7-8H2,1H3,(H,16,18). The van der Waals surface area contributed by atoms with Gasteiger partial charge in [0.2, 0.25) is 5.91 Å². The van der Waals surface area contributed by atoms with Crippen molar-refractivity contribution in [3.63, 3.8) is 0 Å². The summed E-state index contributed by atoms with van der Waals surface area (Å²) in [4.78, 5) is 12.2. The van der Waals surface area contributed by atoms with E-state index in [1.165, 1.54) is 0 Å². The largest absolute Gasteiger partial charge is 0.508 e. The molecule has 0 heterocycles. The van der Waals surface area contributed by atoms with Crippen molar-refractivity contribution >= 4 is 11.6 Å². The molecule has 1 aromatic carbocycles. The fraction of sp³-hybridized carbons (Fsp3) is 0.400. The molecular weight excluding hydrogens is 226 g/mol. The second-order valence-electron chi connectivity index (χ2n) is 5.38. The Morgan fingerprint density at radius 1 is 1.33 bits per heavy atom. The van der Waals surface area contributed by atoms with Crippen molar-refractivity contribution in [2.45, 2.75) is 19.8 Å². The van der Waals surface area contributed by atoms with Crippen LogP contribution in [-0.4, -0.2) is 11.0 Å². The van der Waals surface area contributed by atoms with E-state index in [1.807, 2.05) is 6.92 Å². The van der Waals surface area contributed by atoms with E-state index >= 15 is 0 Å². The van der Waals surface area contributed by atoms with E-state index in [1.54, 1.807) is 18.2 Å². The summed E-state index contributed by atoms with van der Waals surface area (Å²) >= 11 is 0. The number of fused-ring (bicyclic) bond motifs is 2. The molecule has 3 unspecified atom stereocenters. The monoisotopic (exact) mass is 243 g/mol. The third-order valence-corrected chi connectivity index (χ3v) is 4.08. The maximum atomic E-state index is 12.2. The van der Waals surface area contributed by atoms with E-state index in [-0.39, 0.29) is 17.6 Å². The van der Waals surface area contributed by atoms with Gasteiger partial charge in [-0.3, -0.25) is 4.79 Å². The van der Waals surface area contributed by atoms with Crippen LogP contribution in [0.3, 0.4) is 0 Å². The van der Waals surface area contributed by atoms with Gasteiger partial charge in [-0.1, -0.05) is 12.2 Å². The number of hydrogen-bond donors (Lipinski definition) is 2. The minimum atomic E-state index is 0.112. The first-order valence-electron chi connectivity index (χ1n) is 6.42. The van der Waals surface area contributed by atoms with E-state index in [9.17, 15) is 9.90 Å². The molecule has 2 N–H and O–H groups in total. The molecule has 3 atom stereocenters. The molecule has 1 fully saturated rings. The SMILES string of the molecule is Cc1cc(O)ccc1NC(=O)C1CC2C=CC1C2. The lowest BCUT2D eigenvalue weighted by atomic mass is 9.92. The number of nitrogens with one attached hydrogen (secondary N) is 1. The first-order chi connectivity index (χ1) is 8.63. The average molecular weight is 243 g/mol. The van der Waals surface area contributed by atoms with E-state index in [2.05, 4.69) is 17.5 Å². The van der Waals surface area contributed by atoms with Crippen LogP contribution in [0.15, 0.2) is 30.4 Å². The third kappa shape index (κ3) is 1.90. The fourth-order valence-electron chi connectivity index (χ4n) is 3.10. The zero-order valence-electron chi connectivity index (χ0n) is 10.4. The smallest absolute Gasteiger partial charge is 0.228 e. The van der Waals surface area contributed by atoms with E-state index < -0.39 is 0 Å². The van der Waals surface area contributed by atoms with Crippen molar-refractivity contribution in [2.75, 3.05) is 5.32 Å². The van der Waals surface area contributed by atoms with Crippen LogP contribution >= 0.6 is 0 Å². The molecule has 1 saturated carbocycles. The van der Waals surface area contributed by atoms with Crippen LogP contribution in [0.5, 0.6) is 5.75 Å². The van der Waals surface area contributed by atoms with Crippen LogP contribution < -0.4 is 5.32 Å². The molecule has 1 aromatic rings. The van der Waals surface area contributed by atoms with Gasteiger partial charge in [-0.15, -0.1) is 0 Å². The van der Waals surface area contributed by atoms with E-state index in [0.29, 0.717) is 11.8 Å². The van der Waals surface area contributed by atoms with Crippen LogP contribution in [0, 0.1) is 24.7 Å². The Balaban J connectivity index is 1.73. The Bertz CT molecular complexity index is 521. The first-order valence-corrected chi connectivity index (χ1v) is 6.42. The molecule has 2 bridgehead atoms. The van der Waals surface area contributed by atoms with Gasteiger partial charge in [0.25, 0.3) is 0 Å². The number of aromatic hydroxyl groups is 1. The number of phenols is 1. The van der Waals surface area contributed by atoms with Gasteiger partial charge in [-0.25, -0.2) is 0 Å². The second-order valence-corrected chi connectivity index (χ2v) is 5.38. The van der Waals surface area contributed by atoms with Gasteiger partial charge in [-0.05, 0) is 55.4 Å². The number of benzene rings is 1. The minimum Gasteiger partial charge on any atom is -0.508 e. The Morgan fingerprint density at radius 2 is 2.17 bits per heavy atom. The highest BCUT2D eigenvalue weighted by atomic mass is 16.3. The number of aryl methyl sites for hydroxylation is 1. The van der Waals surface area contributed by atoms with Crippen LogP contribution in [0.1, 0.15) is 18.4 Å². The van der Waals surface area contributed by atoms with Crippen LogP contribution in [0.4, 0.5) is 5.69 Å². The van der Waals surface area contributed by atoms with Crippen molar-refractivity contribution < 1.29 is 9.90 Å². The predicted molar refractivity (Wildman–Crippen MR) is 70.3 cm³/mol. The Morgan fingerprint density at radius 3 is 2.78 bits per heavy atom. The zero-order valence-corrected chi connectivity index (χ0v) is 10.4. The highest BCUT2D eigenvalue weighted by Gasteiger charge is 2.39. The molecule has 3 rings (SSSR count). The Hall–Kier alpha value is -1.77. The van der Waals surface area contributed by atoms with Gasteiger partial charge in [0.1, 0.15) is 5.75 Å². The summed E-state index contributed by atoms with van der Waals surface area (Å²) in [6.07, 6.45) is 6.53. The van der Waals surface area contributed by atoms with Crippen molar-refractivity contribution in [3.05, 3.63) is 35.9 Å². The Kier molecular flexibility index (Phi) is 2.62. The van der Waals surface area contributed by atoms with Crippen LogP contribution in [0.25, 0.3) is 0 Å². The lowest BCUT2D eigenvalue weighted by molar-refractivity contribution is -0.120. The van der Waals surface area contributed by atoms with Gasteiger partial charge in [0.15, 0.2) is 0 Å². The van der Waals surface area contributed by atoms with Crippen LogP contribution in [0.2, 0.25) is 0 Å². The fourth-order valence-corrected chi connectivity index (χ4v) is 3.10. The summed E-state index contributed by atoms with van der Waals surface area (Å²) in [5.74, 6) is 1.49. The number of hydrogen-bond acceptors (Lipinski definition) is 2. The second kappa shape index (κ2) is 4.16. The highest BCUT2D eigenvalue weighted by molar-refractivity contribution is 5.94. The molecule has 18 heavy (non-hydrogen) atoms. The molecular formula is C15H17NO2. The topological polar surface area (TPSA) is 49.3 Å². The molecule has 0 spiro atoms. The van der Waals surface area contributed by atoms with Crippen molar-refractivity contribution in [3.8, 4) is 5.75 Å². The molecule has 94 valence electrons. The highest BCUT2D eigenvalue weighted by Crippen LogP contribution is 2.43. The van der Waals surface area contributed by atoms with Crippen molar-refractivity contribution in [2.24, 2.45) is 17.8 Å².